The van der Waals surface area contributed by atoms with Crippen LogP contribution < -0.4 is 5.73 Å². The molecular weight excluding hydrogens is 303 g/mol. The van der Waals surface area contributed by atoms with Crippen LogP contribution in [0.25, 0.3) is 0 Å². The van der Waals surface area contributed by atoms with Gasteiger partial charge in [0.05, 0.1) is 11.1 Å². The van der Waals surface area contributed by atoms with Crippen molar-refractivity contribution >= 4 is 11.6 Å². The highest BCUT2D eigenvalue weighted by Gasteiger charge is 2.27. The number of aliphatic hydroxyl groups excluding tert-OH is 1. The van der Waals surface area contributed by atoms with E-state index in [2.05, 4.69) is 0 Å². The first-order valence-electron chi connectivity index (χ1n) is 6.22. The fraction of sp³-hybridized carbons (Fsp3) is 0.200. The number of aliphatic hydroxyl groups is 1. The maximum Gasteiger partial charge on any atom is 0.145 e. The summed E-state index contributed by atoms with van der Waals surface area (Å²) in [4.78, 5) is 0. The highest BCUT2D eigenvalue weighted by Crippen LogP contribution is 2.34. The van der Waals surface area contributed by atoms with Gasteiger partial charge in [0, 0.05) is 24.1 Å². The molecule has 2 aromatic carbocycles. The van der Waals surface area contributed by atoms with Gasteiger partial charge in [-0.05, 0) is 17.7 Å². The predicted molar refractivity (Wildman–Crippen MR) is 74.5 cm³/mol. The lowest BCUT2D eigenvalue weighted by Gasteiger charge is -2.23. The van der Waals surface area contributed by atoms with Gasteiger partial charge < -0.3 is 10.8 Å². The van der Waals surface area contributed by atoms with E-state index in [1.54, 1.807) is 0 Å². The minimum Gasteiger partial charge on any atom is -0.388 e. The Morgan fingerprint density at radius 1 is 1.10 bits per heavy atom. The quantitative estimate of drug-likeness (QED) is 0.906. The molecule has 0 saturated carbocycles. The molecule has 2 nitrogen and oxygen atoms in total. The number of nitrogens with two attached hydrogens (primary N) is 1. The molecule has 2 aromatic rings. The minimum atomic E-state index is -1.41. The summed E-state index contributed by atoms with van der Waals surface area (Å²) < 4.78 is 40.7. The lowest BCUT2D eigenvalue weighted by atomic mass is 9.88. The van der Waals surface area contributed by atoms with Crippen LogP contribution in [0.15, 0.2) is 36.4 Å². The van der Waals surface area contributed by atoms with Crippen molar-refractivity contribution in [3.05, 3.63) is 70.0 Å². The van der Waals surface area contributed by atoms with Crippen LogP contribution in [-0.4, -0.2) is 11.7 Å². The van der Waals surface area contributed by atoms with Gasteiger partial charge in [-0.15, -0.1) is 0 Å². The molecule has 2 atom stereocenters. The van der Waals surface area contributed by atoms with Gasteiger partial charge in [0.15, 0.2) is 0 Å². The van der Waals surface area contributed by atoms with Gasteiger partial charge in [-0.3, -0.25) is 0 Å². The third kappa shape index (κ3) is 3.20. The van der Waals surface area contributed by atoms with Gasteiger partial charge in [0.25, 0.3) is 0 Å². The second-order valence-corrected chi connectivity index (χ2v) is 5.00. The summed E-state index contributed by atoms with van der Waals surface area (Å²) in [5.41, 5.74) is 5.51. The van der Waals surface area contributed by atoms with Gasteiger partial charge in [-0.2, -0.15) is 0 Å². The zero-order chi connectivity index (χ0) is 15.6. The second-order valence-electron chi connectivity index (χ2n) is 4.60. The lowest BCUT2D eigenvalue weighted by molar-refractivity contribution is 0.141. The monoisotopic (exact) mass is 315 g/mol. The molecular formula is C15H13ClF3NO. The normalized spacial score (nSPS) is 14.0. The SMILES string of the molecule is NCC(c1cccc(Cl)c1F)C(O)c1ccc(F)cc1F. The van der Waals surface area contributed by atoms with Gasteiger partial charge in [-0.25, -0.2) is 13.2 Å². The zero-order valence-electron chi connectivity index (χ0n) is 10.9. The topological polar surface area (TPSA) is 46.2 Å². The number of halogens is 4. The van der Waals surface area contributed by atoms with E-state index < -0.39 is 29.5 Å². The molecule has 0 bridgehead atoms. The average Bonchev–Trinajstić information content (AvgIpc) is 2.44. The predicted octanol–water partition coefficient (Wildman–Crippen LogP) is 3.53. The molecule has 0 radical (unpaired) electrons. The maximum atomic E-state index is 14.0. The first kappa shape index (κ1) is 15.8. The van der Waals surface area contributed by atoms with E-state index in [1.807, 2.05) is 0 Å². The molecule has 112 valence electrons. The smallest absolute Gasteiger partial charge is 0.145 e. The van der Waals surface area contributed by atoms with Crippen LogP contribution in [0.5, 0.6) is 0 Å². The molecule has 3 N–H and O–H groups in total. The average molecular weight is 316 g/mol. The highest BCUT2D eigenvalue weighted by atomic mass is 35.5. The standard InChI is InChI=1S/C15H13ClF3NO/c16-12-3-1-2-9(14(12)19)11(7-20)15(21)10-5-4-8(17)6-13(10)18/h1-6,11,15,21H,7,20H2. The molecule has 0 aliphatic heterocycles. The van der Waals surface area contributed by atoms with Crippen molar-refractivity contribution in [3.8, 4) is 0 Å². The number of hydrogen-bond donors (Lipinski definition) is 2. The fourth-order valence-electron chi connectivity index (χ4n) is 2.19. The number of rotatable bonds is 4. The van der Waals surface area contributed by atoms with E-state index >= 15 is 0 Å². The van der Waals surface area contributed by atoms with Crippen molar-refractivity contribution in [3.63, 3.8) is 0 Å². The summed E-state index contributed by atoms with van der Waals surface area (Å²) in [5.74, 6) is -3.29. The van der Waals surface area contributed by atoms with Crippen LogP contribution >= 0.6 is 11.6 Å². The molecule has 0 spiro atoms. The second kappa shape index (κ2) is 6.47. The van der Waals surface area contributed by atoms with Crippen LogP contribution in [0.2, 0.25) is 5.02 Å². The Bertz CT molecular complexity index is 651. The molecule has 0 heterocycles. The van der Waals surface area contributed by atoms with Crippen molar-refractivity contribution in [1.29, 1.82) is 0 Å². The molecule has 0 aromatic heterocycles. The van der Waals surface area contributed by atoms with Crippen molar-refractivity contribution in [2.24, 2.45) is 5.73 Å². The Kier molecular flexibility index (Phi) is 4.88. The van der Waals surface area contributed by atoms with Crippen LogP contribution in [-0.2, 0) is 0 Å². The molecule has 0 aliphatic carbocycles. The summed E-state index contributed by atoms with van der Waals surface area (Å²) in [6.07, 6.45) is -1.41. The van der Waals surface area contributed by atoms with E-state index in [-0.39, 0.29) is 22.7 Å². The Morgan fingerprint density at radius 3 is 2.43 bits per heavy atom. The lowest BCUT2D eigenvalue weighted by Crippen LogP contribution is -2.22. The maximum absolute atomic E-state index is 14.0. The van der Waals surface area contributed by atoms with Crippen molar-refractivity contribution in [2.45, 2.75) is 12.0 Å². The Balaban J connectivity index is 2.43. The Hall–Kier alpha value is -1.56. The van der Waals surface area contributed by atoms with E-state index in [1.165, 1.54) is 18.2 Å². The summed E-state index contributed by atoms with van der Waals surface area (Å²) in [7, 11) is 0. The van der Waals surface area contributed by atoms with Crippen molar-refractivity contribution < 1.29 is 18.3 Å². The molecule has 0 amide bonds. The molecule has 0 saturated heterocycles. The number of benzene rings is 2. The van der Waals surface area contributed by atoms with E-state index in [9.17, 15) is 18.3 Å². The van der Waals surface area contributed by atoms with E-state index in [0.717, 1.165) is 12.1 Å². The van der Waals surface area contributed by atoms with Gasteiger partial charge in [0.1, 0.15) is 17.5 Å². The van der Waals surface area contributed by atoms with E-state index in [4.69, 9.17) is 17.3 Å². The first-order chi connectivity index (χ1) is 9.95. The third-order valence-corrected chi connectivity index (χ3v) is 3.59. The summed E-state index contributed by atoms with van der Waals surface area (Å²) in [6, 6.07) is 7.07. The molecule has 2 unspecified atom stereocenters. The van der Waals surface area contributed by atoms with Crippen LogP contribution in [0.4, 0.5) is 13.2 Å². The van der Waals surface area contributed by atoms with E-state index in [0.29, 0.717) is 6.07 Å². The fourth-order valence-corrected chi connectivity index (χ4v) is 2.37. The van der Waals surface area contributed by atoms with Crippen LogP contribution in [0.1, 0.15) is 23.1 Å². The molecule has 21 heavy (non-hydrogen) atoms. The van der Waals surface area contributed by atoms with Crippen LogP contribution in [0.3, 0.4) is 0 Å². The molecule has 0 aliphatic rings. The Labute approximate surface area is 125 Å². The van der Waals surface area contributed by atoms with Gasteiger partial charge in [-0.1, -0.05) is 29.8 Å². The minimum absolute atomic E-state index is 0.0845. The highest BCUT2D eigenvalue weighted by molar-refractivity contribution is 6.30. The largest absolute Gasteiger partial charge is 0.388 e. The third-order valence-electron chi connectivity index (χ3n) is 3.30. The van der Waals surface area contributed by atoms with Crippen LogP contribution in [0, 0.1) is 17.5 Å². The molecule has 2 rings (SSSR count). The molecule has 0 fully saturated rings. The Morgan fingerprint density at radius 2 is 1.81 bits per heavy atom. The molecule has 6 heteroatoms. The summed E-state index contributed by atoms with van der Waals surface area (Å²) in [5, 5.41) is 10.2. The zero-order valence-corrected chi connectivity index (χ0v) is 11.6. The van der Waals surface area contributed by atoms with Gasteiger partial charge in [0.2, 0.25) is 0 Å². The summed E-state index contributed by atoms with van der Waals surface area (Å²) in [6.45, 7) is -0.130. The number of hydrogen-bond acceptors (Lipinski definition) is 2. The van der Waals surface area contributed by atoms with Crippen molar-refractivity contribution in [2.75, 3.05) is 6.54 Å². The van der Waals surface area contributed by atoms with Crippen molar-refractivity contribution in [1.82, 2.24) is 0 Å². The summed E-state index contributed by atoms with van der Waals surface area (Å²) >= 11 is 5.70. The van der Waals surface area contributed by atoms with Gasteiger partial charge >= 0.3 is 0 Å². The first-order valence-corrected chi connectivity index (χ1v) is 6.60.